The molecule has 0 spiro atoms. The number of aromatic nitrogens is 2. The quantitative estimate of drug-likeness (QED) is 0.778. The van der Waals surface area contributed by atoms with Gasteiger partial charge in [0.1, 0.15) is 4.47 Å². The number of nitrogens with one attached hydrogen (secondary N) is 1. The van der Waals surface area contributed by atoms with E-state index in [-0.39, 0.29) is 5.56 Å². The lowest BCUT2D eigenvalue weighted by Gasteiger charge is -2.08. The molecule has 1 saturated carbocycles. The van der Waals surface area contributed by atoms with Gasteiger partial charge in [-0.2, -0.15) is 5.10 Å². The van der Waals surface area contributed by atoms with Crippen molar-refractivity contribution >= 4 is 21.6 Å². The molecule has 18 heavy (non-hydrogen) atoms. The summed E-state index contributed by atoms with van der Waals surface area (Å²) < 4.78 is 2.07. The van der Waals surface area contributed by atoms with E-state index in [1.165, 1.54) is 17.5 Å². The van der Waals surface area contributed by atoms with E-state index in [9.17, 15) is 4.79 Å². The molecule has 6 heteroatoms. The highest BCUT2D eigenvalue weighted by Gasteiger charge is 2.23. The molecule has 1 aromatic heterocycles. The van der Waals surface area contributed by atoms with Crippen LogP contribution in [0.2, 0.25) is 0 Å². The van der Waals surface area contributed by atoms with Gasteiger partial charge in [-0.1, -0.05) is 12.2 Å². The Labute approximate surface area is 114 Å². The number of nitrogens with zero attached hydrogens (tertiary/aromatic N) is 2. The predicted octanol–water partition coefficient (Wildman–Crippen LogP) is 1.34. The summed E-state index contributed by atoms with van der Waals surface area (Å²) in [6.45, 7) is 1.87. The minimum absolute atomic E-state index is 0.0743. The average molecular weight is 313 g/mol. The Kier molecular flexibility index (Phi) is 4.54. The van der Waals surface area contributed by atoms with Crippen molar-refractivity contribution in [3.8, 4) is 0 Å². The minimum atomic E-state index is -0.0743. The molecule has 1 fully saturated rings. The molecular weight excluding hydrogens is 296 g/mol. The lowest BCUT2D eigenvalue weighted by molar-refractivity contribution is 0.532. The van der Waals surface area contributed by atoms with Crippen molar-refractivity contribution in [3.05, 3.63) is 33.2 Å². The highest BCUT2D eigenvalue weighted by Crippen LogP contribution is 2.30. The number of anilines is 1. The zero-order valence-corrected chi connectivity index (χ0v) is 11.7. The fourth-order valence-corrected chi connectivity index (χ4v) is 2.06. The van der Waals surface area contributed by atoms with Crippen LogP contribution in [-0.4, -0.2) is 22.9 Å². The highest BCUT2D eigenvalue weighted by atomic mass is 79.9. The molecule has 2 rings (SSSR count). The van der Waals surface area contributed by atoms with Crippen molar-refractivity contribution in [1.29, 1.82) is 0 Å². The topological polar surface area (TPSA) is 72.9 Å². The number of hydrogen-bond acceptors (Lipinski definition) is 4. The third-order valence-corrected chi connectivity index (χ3v) is 3.59. The van der Waals surface area contributed by atoms with Gasteiger partial charge in [0.05, 0.1) is 11.9 Å². The van der Waals surface area contributed by atoms with E-state index < -0.39 is 0 Å². The summed E-state index contributed by atoms with van der Waals surface area (Å²) in [5, 5.41) is 7.30. The lowest BCUT2D eigenvalue weighted by atomic mass is 10.4. The second-order valence-corrected chi connectivity index (χ2v) is 5.18. The second-order valence-electron chi connectivity index (χ2n) is 4.39. The maximum absolute atomic E-state index is 12.0. The van der Waals surface area contributed by atoms with Crippen LogP contribution >= 0.6 is 15.9 Å². The van der Waals surface area contributed by atoms with Gasteiger partial charge >= 0.3 is 0 Å². The molecular formula is C12H17BrN4O. The van der Waals surface area contributed by atoms with E-state index in [0.29, 0.717) is 29.2 Å². The summed E-state index contributed by atoms with van der Waals surface area (Å²) in [5.41, 5.74) is 5.99. The van der Waals surface area contributed by atoms with Gasteiger partial charge in [-0.25, -0.2) is 4.68 Å². The van der Waals surface area contributed by atoms with Gasteiger partial charge < -0.3 is 11.1 Å². The summed E-state index contributed by atoms with van der Waals surface area (Å²) in [6, 6.07) is 0. The Hall–Kier alpha value is -1.14. The van der Waals surface area contributed by atoms with E-state index in [4.69, 9.17) is 5.73 Å². The van der Waals surface area contributed by atoms with Crippen LogP contribution < -0.4 is 16.6 Å². The van der Waals surface area contributed by atoms with Crippen molar-refractivity contribution < 1.29 is 0 Å². The van der Waals surface area contributed by atoms with Crippen LogP contribution in [0.25, 0.3) is 0 Å². The molecule has 0 amide bonds. The smallest absolute Gasteiger partial charge is 0.283 e. The Bertz CT molecular complexity index is 493. The van der Waals surface area contributed by atoms with Gasteiger partial charge in [-0.05, 0) is 34.7 Å². The Balaban J connectivity index is 2.05. The summed E-state index contributed by atoms with van der Waals surface area (Å²) in [4.78, 5) is 12.0. The standard InChI is InChI=1S/C12H17BrN4O/c13-11-10(15-6-2-1-5-14)7-16-17(12(11)18)8-9-3-4-9/h1-2,7,9,15H,3-6,8,14H2/b2-1+. The van der Waals surface area contributed by atoms with Crippen molar-refractivity contribution in [2.24, 2.45) is 11.7 Å². The van der Waals surface area contributed by atoms with Crippen LogP contribution in [0, 0.1) is 5.92 Å². The van der Waals surface area contributed by atoms with E-state index in [2.05, 4.69) is 26.3 Å². The van der Waals surface area contributed by atoms with Gasteiger partial charge in [0.25, 0.3) is 5.56 Å². The van der Waals surface area contributed by atoms with Gasteiger partial charge in [0.15, 0.2) is 0 Å². The van der Waals surface area contributed by atoms with Gasteiger partial charge in [-0.15, -0.1) is 0 Å². The first-order valence-electron chi connectivity index (χ1n) is 6.07. The average Bonchev–Trinajstić information content (AvgIpc) is 3.17. The zero-order valence-electron chi connectivity index (χ0n) is 10.1. The molecule has 0 unspecified atom stereocenters. The van der Waals surface area contributed by atoms with Gasteiger partial charge in [-0.3, -0.25) is 4.79 Å². The summed E-state index contributed by atoms with van der Waals surface area (Å²) in [5.74, 6) is 0.633. The zero-order chi connectivity index (χ0) is 13.0. The molecule has 98 valence electrons. The molecule has 0 atom stereocenters. The second kappa shape index (κ2) is 6.15. The fraction of sp³-hybridized carbons (Fsp3) is 0.500. The third kappa shape index (κ3) is 3.43. The summed E-state index contributed by atoms with van der Waals surface area (Å²) in [6.07, 6.45) is 7.88. The Morgan fingerprint density at radius 1 is 1.56 bits per heavy atom. The molecule has 0 radical (unpaired) electrons. The number of rotatable bonds is 6. The van der Waals surface area contributed by atoms with Crippen molar-refractivity contribution in [1.82, 2.24) is 9.78 Å². The predicted molar refractivity (Wildman–Crippen MR) is 75.6 cm³/mol. The van der Waals surface area contributed by atoms with Crippen molar-refractivity contribution in [2.45, 2.75) is 19.4 Å². The van der Waals surface area contributed by atoms with Crippen molar-refractivity contribution in [3.63, 3.8) is 0 Å². The van der Waals surface area contributed by atoms with Gasteiger partial charge in [0, 0.05) is 19.6 Å². The molecule has 1 aliphatic carbocycles. The van der Waals surface area contributed by atoms with E-state index in [1.54, 1.807) is 6.20 Å². The SMILES string of the molecule is NC/C=C/CNc1cnn(CC2CC2)c(=O)c1Br. The summed E-state index contributed by atoms with van der Waals surface area (Å²) >= 11 is 3.33. The normalized spacial score (nSPS) is 15.2. The maximum Gasteiger partial charge on any atom is 0.283 e. The number of hydrogen-bond donors (Lipinski definition) is 2. The first-order valence-corrected chi connectivity index (χ1v) is 6.86. The van der Waals surface area contributed by atoms with Crippen LogP contribution in [0.15, 0.2) is 27.6 Å². The van der Waals surface area contributed by atoms with Crippen LogP contribution in [-0.2, 0) is 6.54 Å². The first kappa shape index (κ1) is 13.3. The molecule has 3 N–H and O–H groups in total. The number of halogens is 1. The first-order chi connectivity index (χ1) is 8.72. The highest BCUT2D eigenvalue weighted by molar-refractivity contribution is 9.10. The van der Waals surface area contributed by atoms with Crippen LogP contribution in [0.3, 0.4) is 0 Å². The van der Waals surface area contributed by atoms with Crippen LogP contribution in [0.1, 0.15) is 12.8 Å². The maximum atomic E-state index is 12.0. The minimum Gasteiger partial charge on any atom is -0.379 e. The van der Waals surface area contributed by atoms with E-state index >= 15 is 0 Å². The molecule has 1 heterocycles. The van der Waals surface area contributed by atoms with Crippen molar-refractivity contribution in [2.75, 3.05) is 18.4 Å². The molecule has 0 bridgehead atoms. The molecule has 5 nitrogen and oxygen atoms in total. The van der Waals surface area contributed by atoms with Crippen LogP contribution in [0.4, 0.5) is 5.69 Å². The fourth-order valence-electron chi connectivity index (χ4n) is 1.61. The molecule has 1 aliphatic rings. The summed E-state index contributed by atoms with van der Waals surface area (Å²) in [7, 11) is 0. The lowest BCUT2D eigenvalue weighted by Crippen LogP contribution is -2.25. The molecule has 1 aromatic rings. The van der Waals surface area contributed by atoms with Crippen LogP contribution in [0.5, 0.6) is 0 Å². The molecule has 0 aromatic carbocycles. The number of nitrogens with two attached hydrogens (primary N) is 1. The molecule has 0 saturated heterocycles. The van der Waals surface area contributed by atoms with E-state index in [0.717, 1.165) is 6.54 Å². The Morgan fingerprint density at radius 3 is 3.00 bits per heavy atom. The third-order valence-electron chi connectivity index (χ3n) is 2.83. The molecule has 0 aliphatic heterocycles. The Morgan fingerprint density at radius 2 is 2.33 bits per heavy atom. The largest absolute Gasteiger partial charge is 0.379 e. The monoisotopic (exact) mass is 312 g/mol. The van der Waals surface area contributed by atoms with Gasteiger partial charge in [0.2, 0.25) is 0 Å². The van der Waals surface area contributed by atoms with E-state index in [1.807, 2.05) is 12.2 Å².